The lowest BCUT2D eigenvalue weighted by molar-refractivity contribution is -0.154. The molecule has 0 heterocycles. The van der Waals surface area contributed by atoms with E-state index in [1.54, 1.807) is 13.8 Å². The van der Waals surface area contributed by atoms with Gasteiger partial charge in [0.05, 0.1) is 0 Å². The molecule has 0 aliphatic heterocycles. The fourth-order valence-electron chi connectivity index (χ4n) is 2.19. The standard InChI is InChI=1S/C15H21NO4/c1-10(2)13(15(19)20)16(3)14(18)12(17)9-11-7-5-4-6-8-11/h4-8,10,12-13,17H,9H2,1-3H3,(H,19,20)/t12-,13+/m0/s1. The number of aliphatic hydroxyl groups excluding tert-OH is 1. The molecule has 1 aromatic rings. The molecule has 0 saturated carbocycles. The highest BCUT2D eigenvalue weighted by Gasteiger charge is 2.32. The molecule has 0 aliphatic carbocycles. The number of carbonyl (C=O) groups is 2. The first-order valence-electron chi connectivity index (χ1n) is 6.56. The zero-order valence-electron chi connectivity index (χ0n) is 12.0. The molecule has 0 unspecified atom stereocenters. The third-order valence-corrected chi connectivity index (χ3v) is 3.21. The number of nitrogens with zero attached hydrogens (tertiary/aromatic N) is 1. The van der Waals surface area contributed by atoms with Crippen molar-refractivity contribution < 1.29 is 19.8 Å². The van der Waals surface area contributed by atoms with Crippen molar-refractivity contribution in [2.75, 3.05) is 7.05 Å². The van der Waals surface area contributed by atoms with E-state index in [1.165, 1.54) is 7.05 Å². The van der Waals surface area contributed by atoms with Crippen molar-refractivity contribution in [3.8, 4) is 0 Å². The number of hydrogen-bond acceptors (Lipinski definition) is 3. The van der Waals surface area contributed by atoms with Gasteiger partial charge in [0, 0.05) is 13.5 Å². The highest BCUT2D eigenvalue weighted by atomic mass is 16.4. The van der Waals surface area contributed by atoms with E-state index in [4.69, 9.17) is 5.11 Å². The Labute approximate surface area is 118 Å². The van der Waals surface area contributed by atoms with Gasteiger partial charge in [0.25, 0.3) is 5.91 Å². The Bertz CT molecular complexity index is 458. The number of carboxylic acids is 1. The molecule has 2 atom stereocenters. The minimum absolute atomic E-state index is 0.175. The van der Waals surface area contributed by atoms with E-state index in [2.05, 4.69) is 0 Å². The Morgan fingerprint density at radius 2 is 1.75 bits per heavy atom. The van der Waals surface area contributed by atoms with Crippen LogP contribution in [0.4, 0.5) is 0 Å². The molecule has 0 radical (unpaired) electrons. The lowest BCUT2D eigenvalue weighted by Gasteiger charge is -2.29. The largest absolute Gasteiger partial charge is 0.480 e. The number of hydrogen-bond donors (Lipinski definition) is 2. The highest BCUT2D eigenvalue weighted by molar-refractivity contribution is 5.86. The third kappa shape index (κ3) is 4.06. The van der Waals surface area contributed by atoms with E-state index in [0.717, 1.165) is 10.5 Å². The monoisotopic (exact) mass is 279 g/mol. The average molecular weight is 279 g/mol. The van der Waals surface area contributed by atoms with Crippen molar-refractivity contribution in [3.63, 3.8) is 0 Å². The van der Waals surface area contributed by atoms with Gasteiger partial charge in [-0.3, -0.25) is 4.79 Å². The SMILES string of the molecule is CC(C)[C@H](C(=O)O)N(C)C(=O)[C@@H](O)Cc1ccccc1. The molecule has 1 aromatic carbocycles. The Morgan fingerprint density at radius 1 is 1.20 bits per heavy atom. The van der Waals surface area contributed by atoms with Gasteiger partial charge in [0.15, 0.2) is 0 Å². The molecular weight excluding hydrogens is 258 g/mol. The third-order valence-electron chi connectivity index (χ3n) is 3.21. The van der Waals surface area contributed by atoms with Crippen molar-refractivity contribution in [2.45, 2.75) is 32.4 Å². The summed E-state index contributed by atoms with van der Waals surface area (Å²) in [5.74, 6) is -1.87. The fraction of sp³-hybridized carbons (Fsp3) is 0.467. The van der Waals surface area contributed by atoms with Crippen LogP contribution in [0.3, 0.4) is 0 Å². The first-order valence-corrected chi connectivity index (χ1v) is 6.56. The van der Waals surface area contributed by atoms with E-state index in [9.17, 15) is 14.7 Å². The topological polar surface area (TPSA) is 77.8 Å². The summed E-state index contributed by atoms with van der Waals surface area (Å²) in [4.78, 5) is 24.4. The van der Waals surface area contributed by atoms with Gasteiger partial charge < -0.3 is 15.1 Å². The van der Waals surface area contributed by atoms with Crippen molar-refractivity contribution in [1.29, 1.82) is 0 Å². The van der Waals surface area contributed by atoms with Crippen LogP contribution in [-0.4, -0.2) is 46.2 Å². The number of amides is 1. The lowest BCUT2D eigenvalue weighted by Crippen LogP contribution is -2.49. The zero-order valence-corrected chi connectivity index (χ0v) is 12.0. The maximum absolute atomic E-state index is 12.1. The summed E-state index contributed by atoms with van der Waals surface area (Å²) >= 11 is 0. The van der Waals surface area contributed by atoms with Crippen LogP contribution in [0.15, 0.2) is 30.3 Å². The van der Waals surface area contributed by atoms with Crippen LogP contribution >= 0.6 is 0 Å². The Kier molecular flexibility index (Phi) is 5.70. The van der Waals surface area contributed by atoms with Gasteiger partial charge in [-0.25, -0.2) is 4.79 Å². The van der Waals surface area contributed by atoms with Crippen molar-refractivity contribution in [2.24, 2.45) is 5.92 Å². The summed E-state index contributed by atoms with van der Waals surface area (Å²) in [6.07, 6.45) is -1.06. The molecule has 0 bridgehead atoms. The van der Waals surface area contributed by atoms with Crippen LogP contribution < -0.4 is 0 Å². The second-order valence-electron chi connectivity index (χ2n) is 5.18. The number of aliphatic carboxylic acids is 1. The maximum atomic E-state index is 12.1. The number of carboxylic acid groups (broad SMARTS) is 1. The summed E-state index contributed by atoms with van der Waals surface area (Å²) in [5.41, 5.74) is 0.832. The smallest absolute Gasteiger partial charge is 0.326 e. The molecule has 20 heavy (non-hydrogen) atoms. The summed E-state index contributed by atoms with van der Waals surface area (Å²) < 4.78 is 0. The summed E-state index contributed by atoms with van der Waals surface area (Å²) in [6, 6.07) is 8.19. The molecule has 1 amide bonds. The molecule has 0 aliphatic rings. The van der Waals surface area contributed by atoms with Gasteiger partial charge in [-0.05, 0) is 11.5 Å². The van der Waals surface area contributed by atoms with Crippen LogP contribution in [0.5, 0.6) is 0 Å². The Hall–Kier alpha value is -1.88. The average Bonchev–Trinajstić information content (AvgIpc) is 2.37. The molecule has 2 N–H and O–H groups in total. The van der Waals surface area contributed by atoms with E-state index in [0.29, 0.717) is 0 Å². The first-order chi connectivity index (χ1) is 9.34. The number of carbonyl (C=O) groups excluding carboxylic acids is 1. The van der Waals surface area contributed by atoms with Gasteiger partial charge in [-0.15, -0.1) is 0 Å². The van der Waals surface area contributed by atoms with Crippen molar-refractivity contribution >= 4 is 11.9 Å². The van der Waals surface area contributed by atoms with Crippen LogP contribution in [-0.2, 0) is 16.0 Å². The molecule has 5 heteroatoms. The molecule has 0 saturated heterocycles. The summed E-state index contributed by atoms with van der Waals surface area (Å²) in [6.45, 7) is 3.46. The summed E-state index contributed by atoms with van der Waals surface area (Å²) in [5, 5.41) is 19.1. The van der Waals surface area contributed by atoms with Crippen LogP contribution in [0.1, 0.15) is 19.4 Å². The van der Waals surface area contributed by atoms with Crippen LogP contribution in [0.2, 0.25) is 0 Å². The zero-order chi connectivity index (χ0) is 15.3. The second-order valence-corrected chi connectivity index (χ2v) is 5.18. The van der Waals surface area contributed by atoms with E-state index >= 15 is 0 Å². The molecule has 5 nitrogen and oxygen atoms in total. The molecule has 0 aromatic heterocycles. The predicted molar refractivity (Wildman–Crippen MR) is 75.2 cm³/mol. The molecule has 1 rings (SSSR count). The van der Waals surface area contributed by atoms with Crippen molar-refractivity contribution in [3.05, 3.63) is 35.9 Å². The minimum atomic E-state index is -1.23. The van der Waals surface area contributed by atoms with E-state index in [-0.39, 0.29) is 12.3 Å². The Morgan fingerprint density at radius 3 is 2.20 bits per heavy atom. The first kappa shape index (κ1) is 16.2. The molecule has 0 spiro atoms. The molecule has 0 fully saturated rings. The molecular formula is C15H21NO4. The highest BCUT2D eigenvalue weighted by Crippen LogP contribution is 2.13. The predicted octanol–water partition coefficient (Wildman–Crippen LogP) is 1.16. The fourth-order valence-corrected chi connectivity index (χ4v) is 2.19. The van der Waals surface area contributed by atoms with Crippen molar-refractivity contribution in [1.82, 2.24) is 4.90 Å². The van der Waals surface area contributed by atoms with Gasteiger partial charge in [0.2, 0.25) is 0 Å². The van der Waals surface area contributed by atoms with Gasteiger partial charge in [0.1, 0.15) is 12.1 Å². The molecule has 110 valence electrons. The summed E-state index contributed by atoms with van der Waals surface area (Å²) in [7, 11) is 1.41. The number of aliphatic hydroxyl groups is 1. The van der Waals surface area contributed by atoms with Gasteiger partial charge in [-0.2, -0.15) is 0 Å². The van der Waals surface area contributed by atoms with E-state index in [1.807, 2.05) is 30.3 Å². The minimum Gasteiger partial charge on any atom is -0.480 e. The number of likely N-dealkylation sites (N-methyl/N-ethyl adjacent to an activating group) is 1. The van der Waals surface area contributed by atoms with Crippen LogP contribution in [0, 0.1) is 5.92 Å². The van der Waals surface area contributed by atoms with Gasteiger partial charge in [-0.1, -0.05) is 44.2 Å². The second kappa shape index (κ2) is 7.05. The van der Waals surface area contributed by atoms with Crippen LogP contribution in [0.25, 0.3) is 0 Å². The normalized spacial score (nSPS) is 13.8. The maximum Gasteiger partial charge on any atom is 0.326 e. The van der Waals surface area contributed by atoms with E-state index < -0.39 is 24.0 Å². The lowest BCUT2D eigenvalue weighted by atomic mass is 10.0. The van der Waals surface area contributed by atoms with Gasteiger partial charge >= 0.3 is 5.97 Å². The number of benzene rings is 1. The number of rotatable bonds is 6. The Balaban J connectivity index is 2.75. The quantitative estimate of drug-likeness (QED) is 0.819.